The fourth-order valence-corrected chi connectivity index (χ4v) is 5.69. The van der Waals surface area contributed by atoms with Crippen molar-refractivity contribution in [1.82, 2.24) is 4.90 Å². The van der Waals surface area contributed by atoms with Crippen LogP contribution in [0.3, 0.4) is 0 Å². The third kappa shape index (κ3) is 1.71. The van der Waals surface area contributed by atoms with Crippen LogP contribution in [-0.4, -0.2) is 35.6 Å². The average Bonchev–Trinajstić information content (AvgIpc) is 2.94. The van der Waals surface area contributed by atoms with Crippen LogP contribution in [0.1, 0.15) is 45.4 Å². The fraction of sp³-hybridized carbons (Fsp3) is 0.941. The van der Waals surface area contributed by atoms with E-state index >= 15 is 0 Å². The molecule has 3 aliphatic carbocycles. The molecule has 0 aromatic rings. The Morgan fingerprint density at radius 3 is 2.30 bits per heavy atom. The summed E-state index contributed by atoms with van der Waals surface area (Å²) >= 11 is 0. The molecule has 112 valence electrons. The molecule has 20 heavy (non-hydrogen) atoms. The molecule has 1 aliphatic heterocycles. The van der Waals surface area contributed by atoms with Crippen LogP contribution in [0.2, 0.25) is 0 Å². The van der Waals surface area contributed by atoms with E-state index in [9.17, 15) is 9.90 Å². The number of fused-ring (bicyclic) bond motifs is 5. The minimum Gasteiger partial charge on any atom is -0.396 e. The summed E-state index contributed by atoms with van der Waals surface area (Å²) < 4.78 is 0. The second-order valence-electron chi connectivity index (χ2n) is 7.85. The maximum atomic E-state index is 12.7. The standard InChI is InChI=1S/C17H27NO2/c1-2-17(10-19)5-7-18(8-6-17)16(20)15-13-11-3-4-12(9-11)14(13)15/h11-15,19H,2-10H2,1H3. The van der Waals surface area contributed by atoms with Gasteiger partial charge in [-0.2, -0.15) is 0 Å². The molecule has 3 heteroatoms. The number of carbonyl (C=O) groups is 1. The first-order valence-electron chi connectivity index (χ1n) is 8.59. The van der Waals surface area contributed by atoms with Gasteiger partial charge in [0, 0.05) is 25.6 Å². The summed E-state index contributed by atoms with van der Waals surface area (Å²) in [5.41, 5.74) is 0.0925. The van der Waals surface area contributed by atoms with Gasteiger partial charge in [-0.15, -0.1) is 0 Å². The van der Waals surface area contributed by atoms with Crippen molar-refractivity contribution in [2.75, 3.05) is 19.7 Å². The summed E-state index contributed by atoms with van der Waals surface area (Å²) in [4.78, 5) is 14.9. The lowest BCUT2D eigenvalue weighted by atomic mass is 9.77. The highest BCUT2D eigenvalue weighted by Gasteiger charge is 2.68. The van der Waals surface area contributed by atoms with Crippen molar-refractivity contribution >= 4 is 5.91 Å². The number of amides is 1. The molecule has 1 heterocycles. The third-order valence-corrected chi connectivity index (χ3v) is 7.24. The van der Waals surface area contributed by atoms with E-state index in [4.69, 9.17) is 0 Å². The molecular formula is C17H27NO2. The highest BCUT2D eigenvalue weighted by molar-refractivity contribution is 5.83. The lowest BCUT2D eigenvalue weighted by Crippen LogP contribution is -2.45. The van der Waals surface area contributed by atoms with Gasteiger partial charge in [0.25, 0.3) is 0 Å². The van der Waals surface area contributed by atoms with E-state index in [2.05, 4.69) is 11.8 Å². The molecule has 1 amide bonds. The summed E-state index contributed by atoms with van der Waals surface area (Å²) in [6.45, 7) is 4.19. The maximum absolute atomic E-state index is 12.7. The first-order valence-corrected chi connectivity index (χ1v) is 8.59. The minimum absolute atomic E-state index is 0.0925. The number of hydrogen-bond donors (Lipinski definition) is 1. The van der Waals surface area contributed by atoms with Crippen LogP contribution in [0.25, 0.3) is 0 Å². The number of carbonyl (C=O) groups excluding carboxylic acids is 1. The van der Waals surface area contributed by atoms with Gasteiger partial charge in [-0.05, 0) is 67.6 Å². The lowest BCUT2D eigenvalue weighted by Gasteiger charge is -2.40. The first kappa shape index (κ1) is 13.1. The molecule has 0 radical (unpaired) electrons. The molecule has 4 aliphatic rings. The minimum atomic E-state index is 0.0925. The van der Waals surface area contributed by atoms with Crippen molar-refractivity contribution in [2.24, 2.45) is 35.0 Å². The third-order valence-electron chi connectivity index (χ3n) is 7.24. The van der Waals surface area contributed by atoms with Crippen LogP contribution >= 0.6 is 0 Å². The zero-order valence-electron chi connectivity index (χ0n) is 12.6. The molecular weight excluding hydrogens is 250 g/mol. The fourth-order valence-electron chi connectivity index (χ4n) is 5.69. The molecule has 3 saturated carbocycles. The van der Waals surface area contributed by atoms with Crippen LogP contribution in [0.15, 0.2) is 0 Å². The van der Waals surface area contributed by atoms with E-state index in [1.807, 2.05) is 0 Å². The first-order chi connectivity index (χ1) is 9.69. The van der Waals surface area contributed by atoms with Crippen LogP contribution in [0.4, 0.5) is 0 Å². The highest BCUT2D eigenvalue weighted by atomic mass is 16.3. The van der Waals surface area contributed by atoms with Crippen LogP contribution in [0.5, 0.6) is 0 Å². The van der Waals surface area contributed by atoms with Gasteiger partial charge in [-0.3, -0.25) is 4.79 Å². The number of piperidine rings is 1. The topological polar surface area (TPSA) is 40.5 Å². The van der Waals surface area contributed by atoms with E-state index in [-0.39, 0.29) is 12.0 Å². The second kappa shape index (κ2) is 4.46. The van der Waals surface area contributed by atoms with Gasteiger partial charge in [-0.1, -0.05) is 6.92 Å². The largest absolute Gasteiger partial charge is 0.396 e. The molecule has 1 N–H and O–H groups in total. The van der Waals surface area contributed by atoms with Crippen molar-refractivity contribution in [3.63, 3.8) is 0 Å². The van der Waals surface area contributed by atoms with Gasteiger partial charge in [0.2, 0.25) is 5.91 Å². The predicted molar refractivity (Wildman–Crippen MR) is 76.9 cm³/mol. The van der Waals surface area contributed by atoms with Crippen molar-refractivity contribution in [3.8, 4) is 0 Å². The van der Waals surface area contributed by atoms with Gasteiger partial charge in [0.05, 0.1) is 0 Å². The highest BCUT2D eigenvalue weighted by Crippen LogP contribution is 2.69. The second-order valence-corrected chi connectivity index (χ2v) is 7.85. The van der Waals surface area contributed by atoms with Crippen molar-refractivity contribution < 1.29 is 9.90 Å². The van der Waals surface area contributed by atoms with E-state index in [1.165, 1.54) is 19.3 Å². The Morgan fingerprint density at radius 2 is 1.80 bits per heavy atom. The summed E-state index contributed by atoms with van der Waals surface area (Å²) in [6, 6.07) is 0. The molecule has 0 aromatic heterocycles. The Balaban J connectivity index is 1.38. The lowest BCUT2D eigenvalue weighted by molar-refractivity contribution is -0.136. The van der Waals surface area contributed by atoms with Gasteiger partial charge in [0.15, 0.2) is 0 Å². The summed E-state index contributed by atoms with van der Waals surface area (Å²) in [5.74, 6) is 4.14. The molecule has 4 unspecified atom stereocenters. The molecule has 0 aromatic carbocycles. The number of nitrogens with zero attached hydrogens (tertiary/aromatic N) is 1. The zero-order chi connectivity index (χ0) is 13.9. The molecule has 4 atom stereocenters. The van der Waals surface area contributed by atoms with Crippen LogP contribution in [0, 0.1) is 35.0 Å². The normalized spacial score (nSPS) is 44.5. The predicted octanol–water partition coefficient (Wildman–Crippen LogP) is 2.29. The number of aliphatic hydroxyl groups excluding tert-OH is 1. The number of hydrogen-bond acceptors (Lipinski definition) is 2. The van der Waals surface area contributed by atoms with Crippen molar-refractivity contribution in [3.05, 3.63) is 0 Å². The quantitative estimate of drug-likeness (QED) is 0.860. The molecule has 4 fully saturated rings. The van der Waals surface area contributed by atoms with E-state index < -0.39 is 0 Å². The Bertz CT molecular complexity index is 391. The Kier molecular flexibility index (Phi) is 2.93. The van der Waals surface area contributed by atoms with Gasteiger partial charge in [0.1, 0.15) is 0 Å². The smallest absolute Gasteiger partial charge is 0.226 e. The number of aliphatic hydroxyl groups is 1. The summed E-state index contributed by atoms with van der Waals surface area (Å²) in [6.07, 6.45) is 7.20. The maximum Gasteiger partial charge on any atom is 0.226 e. The van der Waals surface area contributed by atoms with Gasteiger partial charge < -0.3 is 10.0 Å². The van der Waals surface area contributed by atoms with E-state index in [0.717, 1.165) is 56.0 Å². The molecule has 0 spiro atoms. The monoisotopic (exact) mass is 277 g/mol. The Hall–Kier alpha value is -0.570. The Labute approximate surface area is 121 Å². The molecule has 2 bridgehead atoms. The van der Waals surface area contributed by atoms with E-state index in [1.54, 1.807) is 0 Å². The van der Waals surface area contributed by atoms with Gasteiger partial charge in [-0.25, -0.2) is 0 Å². The molecule has 4 rings (SSSR count). The number of likely N-dealkylation sites (tertiary alicyclic amines) is 1. The zero-order valence-corrected chi connectivity index (χ0v) is 12.6. The van der Waals surface area contributed by atoms with E-state index in [0.29, 0.717) is 11.8 Å². The Morgan fingerprint density at radius 1 is 1.20 bits per heavy atom. The summed E-state index contributed by atoms with van der Waals surface area (Å²) in [7, 11) is 0. The van der Waals surface area contributed by atoms with Crippen LogP contribution in [-0.2, 0) is 4.79 Å². The number of rotatable bonds is 3. The average molecular weight is 277 g/mol. The van der Waals surface area contributed by atoms with Crippen molar-refractivity contribution in [1.29, 1.82) is 0 Å². The van der Waals surface area contributed by atoms with Crippen molar-refractivity contribution in [2.45, 2.75) is 45.4 Å². The molecule has 1 saturated heterocycles. The molecule has 3 nitrogen and oxygen atoms in total. The summed E-state index contributed by atoms with van der Waals surface area (Å²) in [5, 5.41) is 9.59. The SMILES string of the molecule is CCC1(CO)CCN(C(=O)C2C3C4CCC(C4)C23)CC1. The van der Waals surface area contributed by atoms with Crippen LogP contribution < -0.4 is 0 Å². The van der Waals surface area contributed by atoms with Gasteiger partial charge >= 0.3 is 0 Å².